The van der Waals surface area contributed by atoms with Crippen LogP contribution in [0.2, 0.25) is 0 Å². The van der Waals surface area contributed by atoms with Gasteiger partial charge in [0.2, 0.25) is 0 Å². The highest BCUT2D eigenvalue weighted by Gasteiger charge is 2.72. The third kappa shape index (κ3) is 3.18. The van der Waals surface area contributed by atoms with Crippen molar-refractivity contribution in [2.75, 3.05) is 6.61 Å². The van der Waals surface area contributed by atoms with Gasteiger partial charge >= 0.3 is 5.97 Å². The molecule has 35 heavy (non-hydrogen) atoms. The SMILES string of the molecule is CC(=O)O[C@H]1CC[C@]2(C)[C@H]3CC[C@]4(C)[C@@H]5[C@H](C[C@H]4[C@@H]3CC(=O)[C@@]2(O)C1)O[C@@]1(CC[C@@H](C)CO1)[C@@H]5C. The zero-order valence-corrected chi connectivity index (χ0v) is 22.2. The number of carbonyl (C=O) groups is 2. The van der Waals surface area contributed by atoms with E-state index in [1.54, 1.807) is 0 Å². The molecule has 1 N–H and O–H groups in total. The van der Waals surface area contributed by atoms with Crippen molar-refractivity contribution >= 4 is 11.8 Å². The Labute approximate surface area is 209 Å². The molecule has 0 amide bonds. The van der Waals surface area contributed by atoms with Crippen molar-refractivity contribution < 1.29 is 28.9 Å². The molecule has 12 atom stereocenters. The summed E-state index contributed by atoms with van der Waals surface area (Å²) >= 11 is 0. The second-order valence-corrected chi connectivity index (χ2v) is 13.8. The Morgan fingerprint density at radius 3 is 2.54 bits per heavy atom. The van der Waals surface area contributed by atoms with Gasteiger partial charge in [0.05, 0.1) is 12.7 Å². The Morgan fingerprint density at radius 2 is 1.86 bits per heavy atom. The molecule has 6 nitrogen and oxygen atoms in total. The number of ether oxygens (including phenoxy) is 3. The summed E-state index contributed by atoms with van der Waals surface area (Å²) in [5, 5.41) is 11.9. The lowest BCUT2D eigenvalue weighted by atomic mass is 9.42. The summed E-state index contributed by atoms with van der Waals surface area (Å²) in [4.78, 5) is 25.2. The van der Waals surface area contributed by atoms with Crippen LogP contribution in [0.3, 0.4) is 0 Å². The molecule has 0 radical (unpaired) electrons. The third-order valence-corrected chi connectivity index (χ3v) is 12.2. The molecule has 0 unspecified atom stereocenters. The summed E-state index contributed by atoms with van der Waals surface area (Å²) in [7, 11) is 0. The molecule has 4 saturated carbocycles. The van der Waals surface area contributed by atoms with Crippen LogP contribution < -0.4 is 0 Å². The summed E-state index contributed by atoms with van der Waals surface area (Å²) in [6.45, 7) is 11.4. The average molecular weight is 489 g/mol. The first-order valence-electron chi connectivity index (χ1n) is 14.2. The second kappa shape index (κ2) is 7.77. The summed E-state index contributed by atoms with van der Waals surface area (Å²) in [5.74, 6) is 1.68. The molecule has 6 heteroatoms. The van der Waals surface area contributed by atoms with Gasteiger partial charge in [-0.3, -0.25) is 9.59 Å². The van der Waals surface area contributed by atoms with Crippen LogP contribution in [-0.4, -0.2) is 47.1 Å². The topological polar surface area (TPSA) is 82.1 Å². The smallest absolute Gasteiger partial charge is 0.302 e. The van der Waals surface area contributed by atoms with Crippen LogP contribution in [-0.2, 0) is 23.8 Å². The van der Waals surface area contributed by atoms with Crippen molar-refractivity contribution in [3.8, 4) is 0 Å². The predicted molar refractivity (Wildman–Crippen MR) is 129 cm³/mol. The van der Waals surface area contributed by atoms with E-state index in [-0.39, 0.29) is 35.8 Å². The van der Waals surface area contributed by atoms with Gasteiger partial charge in [-0.2, -0.15) is 0 Å². The predicted octanol–water partition coefficient (Wildman–Crippen LogP) is 4.66. The molecule has 196 valence electrons. The largest absolute Gasteiger partial charge is 0.462 e. The van der Waals surface area contributed by atoms with Crippen LogP contribution in [0.25, 0.3) is 0 Å². The normalized spacial score (nSPS) is 57.3. The minimum Gasteiger partial charge on any atom is -0.462 e. The van der Waals surface area contributed by atoms with Crippen molar-refractivity contribution in [3.63, 3.8) is 0 Å². The van der Waals surface area contributed by atoms with Gasteiger partial charge in [0, 0.05) is 37.5 Å². The summed E-state index contributed by atoms with van der Waals surface area (Å²) in [5.41, 5.74) is -1.71. The Bertz CT molecular complexity index is 909. The number of rotatable bonds is 1. The molecule has 2 aliphatic heterocycles. The molecule has 1 spiro atoms. The summed E-state index contributed by atoms with van der Waals surface area (Å²) < 4.78 is 18.7. The first-order valence-corrected chi connectivity index (χ1v) is 14.2. The lowest BCUT2D eigenvalue weighted by Crippen LogP contribution is -2.67. The van der Waals surface area contributed by atoms with Crippen molar-refractivity contribution in [1.82, 2.24) is 0 Å². The fourth-order valence-corrected chi connectivity index (χ4v) is 10.4. The molecule has 0 aromatic heterocycles. The summed E-state index contributed by atoms with van der Waals surface area (Å²) in [6.07, 6.45) is 7.30. The van der Waals surface area contributed by atoms with E-state index in [0.717, 1.165) is 51.6 Å². The fraction of sp³-hybridized carbons (Fsp3) is 0.931. The molecule has 2 heterocycles. The zero-order chi connectivity index (χ0) is 25.0. The summed E-state index contributed by atoms with van der Waals surface area (Å²) in [6, 6.07) is 0. The van der Waals surface area contributed by atoms with Crippen LogP contribution in [0.1, 0.15) is 92.4 Å². The average Bonchev–Trinajstić information content (AvgIpc) is 3.23. The number of carbonyl (C=O) groups excluding carboxylic acids is 2. The molecular formula is C29H44O6. The molecule has 0 bridgehead atoms. The molecule has 6 fully saturated rings. The van der Waals surface area contributed by atoms with Crippen molar-refractivity contribution in [1.29, 1.82) is 0 Å². The van der Waals surface area contributed by atoms with Gasteiger partial charge in [0.15, 0.2) is 11.6 Å². The first kappa shape index (κ1) is 24.4. The maximum atomic E-state index is 13.7. The molecular weight excluding hydrogens is 444 g/mol. The molecule has 6 aliphatic rings. The van der Waals surface area contributed by atoms with Crippen LogP contribution in [0.4, 0.5) is 0 Å². The van der Waals surface area contributed by atoms with E-state index in [9.17, 15) is 14.7 Å². The van der Waals surface area contributed by atoms with E-state index in [2.05, 4.69) is 27.7 Å². The molecule has 4 aliphatic carbocycles. The second-order valence-electron chi connectivity index (χ2n) is 13.8. The van der Waals surface area contributed by atoms with Crippen molar-refractivity contribution in [3.05, 3.63) is 0 Å². The molecule has 2 saturated heterocycles. The molecule has 0 aromatic rings. The molecule has 0 aromatic carbocycles. The monoisotopic (exact) mass is 488 g/mol. The van der Waals surface area contributed by atoms with Gasteiger partial charge in [-0.1, -0.05) is 27.7 Å². The van der Waals surface area contributed by atoms with Gasteiger partial charge in [-0.05, 0) is 73.5 Å². The highest BCUT2D eigenvalue weighted by Crippen LogP contribution is 2.71. The van der Waals surface area contributed by atoms with Crippen LogP contribution in [0, 0.1) is 46.3 Å². The molecule has 6 rings (SSSR count). The van der Waals surface area contributed by atoms with E-state index in [1.807, 2.05) is 0 Å². The highest BCUT2D eigenvalue weighted by molar-refractivity contribution is 5.89. The Balaban J connectivity index is 1.26. The van der Waals surface area contributed by atoms with E-state index in [4.69, 9.17) is 14.2 Å². The standard InChI is InChI=1S/C29H44O6/c1-16-6-11-29(33-15-16)17(2)25-23(35-29)13-22-20-12-24(31)28(32)14-19(34-18(3)30)7-10-27(28,5)21(20)8-9-26(22,25)4/h16-17,19-23,25,32H,6-15H2,1-5H3/t16-,17-,19+,20-,21+,22+,23+,25+,26+,27-,28+,29+/m1/s1. The van der Waals surface area contributed by atoms with E-state index < -0.39 is 16.8 Å². The lowest BCUT2D eigenvalue weighted by molar-refractivity contribution is -0.273. The van der Waals surface area contributed by atoms with E-state index in [1.165, 1.54) is 6.92 Å². The van der Waals surface area contributed by atoms with Gasteiger partial charge in [-0.25, -0.2) is 0 Å². The number of esters is 1. The number of hydrogen-bond donors (Lipinski definition) is 1. The minimum absolute atomic E-state index is 0.0329. The van der Waals surface area contributed by atoms with E-state index in [0.29, 0.717) is 41.9 Å². The van der Waals surface area contributed by atoms with Crippen molar-refractivity contribution in [2.45, 2.75) is 116 Å². The number of fused-ring (bicyclic) bond motifs is 7. The number of hydrogen-bond acceptors (Lipinski definition) is 6. The van der Waals surface area contributed by atoms with Crippen LogP contribution in [0.15, 0.2) is 0 Å². The Hall–Kier alpha value is -0.980. The Morgan fingerprint density at radius 1 is 1.09 bits per heavy atom. The lowest BCUT2D eigenvalue weighted by Gasteiger charge is -2.63. The highest BCUT2D eigenvalue weighted by atomic mass is 16.7. The van der Waals surface area contributed by atoms with Crippen molar-refractivity contribution in [2.24, 2.45) is 46.3 Å². The van der Waals surface area contributed by atoms with Gasteiger partial charge in [0.1, 0.15) is 11.7 Å². The van der Waals surface area contributed by atoms with Crippen LogP contribution in [0.5, 0.6) is 0 Å². The number of aliphatic hydroxyl groups is 1. The Kier molecular flexibility index (Phi) is 5.41. The minimum atomic E-state index is -1.39. The van der Waals surface area contributed by atoms with Gasteiger partial charge < -0.3 is 19.3 Å². The van der Waals surface area contributed by atoms with E-state index >= 15 is 0 Å². The first-order chi connectivity index (χ1) is 16.4. The van der Waals surface area contributed by atoms with Crippen LogP contribution >= 0.6 is 0 Å². The number of ketones is 1. The number of Topliss-reactive ketones (excluding diaryl/α,β-unsaturated/α-hetero) is 1. The third-order valence-electron chi connectivity index (χ3n) is 12.2. The maximum Gasteiger partial charge on any atom is 0.302 e. The fourth-order valence-electron chi connectivity index (χ4n) is 10.4. The maximum absolute atomic E-state index is 13.7. The zero-order valence-electron chi connectivity index (χ0n) is 22.2. The van der Waals surface area contributed by atoms with Gasteiger partial charge in [0.25, 0.3) is 0 Å². The quantitative estimate of drug-likeness (QED) is 0.541. The van der Waals surface area contributed by atoms with Gasteiger partial charge in [-0.15, -0.1) is 0 Å².